The molecule has 0 saturated carbocycles. The predicted molar refractivity (Wildman–Crippen MR) is 112 cm³/mol. The number of carbonyl (C=O) groups excluding carboxylic acids is 1. The van der Waals surface area contributed by atoms with E-state index in [0.29, 0.717) is 16.6 Å². The van der Waals surface area contributed by atoms with Gasteiger partial charge >= 0.3 is 0 Å². The van der Waals surface area contributed by atoms with Crippen molar-refractivity contribution in [3.05, 3.63) is 51.8 Å². The quantitative estimate of drug-likeness (QED) is 0.483. The first-order valence-corrected chi connectivity index (χ1v) is 12.3. The van der Waals surface area contributed by atoms with Crippen LogP contribution in [0.25, 0.3) is 0 Å². The Kier molecular flexibility index (Phi) is 6.85. The van der Waals surface area contributed by atoms with E-state index >= 15 is 0 Å². The Labute approximate surface area is 178 Å². The molecule has 1 aromatic carbocycles. The monoisotopic (exact) mass is 459 g/mol. The second-order valence-electron chi connectivity index (χ2n) is 6.36. The highest BCUT2D eigenvalue weighted by Crippen LogP contribution is 2.27. The molecule has 0 bridgehead atoms. The number of carbonyl (C=O) groups is 1. The van der Waals surface area contributed by atoms with Gasteiger partial charge in [-0.2, -0.15) is 0 Å². The molecule has 1 saturated heterocycles. The van der Waals surface area contributed by atoms with Crippen LogP contribution in [-0.4, -0.2) is 52.5 Å². The van der Waals surface area contributed by atoms with Gasteiger partial charge in [0.2, 0.25) is 0 Å². The van der Waals surface area contributed by atoms with Crippen LogP contribution in [0.2, 0.25) is 10.0 Å². The van der Waals surface area contributed by atoms with Crippen LogP contribution < -0.4 is 0 Å². The van der Waals surface area contributed by atoms with Crippen LogP contribution in [0, 0.1) is 0 Å². The predicted octanol–water partition coefficient (Wildman–Crippen LogP) is 3.72. The van der Waals surface area contributed by atoms with Gasteiger partial charge in [0.05, 0.1) is 22.7 Å². The van der Waals surface area contributed by atoms with Crippen molar-refractivity contribution in [2.45, 2.75) is 31.1 Å². The Morgan fingerprint density at radius 1 is 1.29 bits per heavy atom. The summed E-state index contributed by atoms with van der Waals surface area (Å²) in [7, 11) is -3.18. The molecule has 10 heteroatoms. The standard InChI is InChI=1S/C18H19Cl2N3O3S2/c1-2-27-18-21-9-15(20)16(22-18)17(24)23(13-7-8-28(25,26)11-13)10-12-5-3-4-6-14(12)19/h3-6,9,13H,2,7-8,10-11H2,1H3. The molecule has 2 heterocycles. The van der Waals surface area contributed by atoms with Crippen molar-refractivity contribution >= 4 is 50.7 Å². The van der Waals surface area contributed by atoms with Crippen molar-refractivity contribution in [3.63, 3.8) is 0 Å². The molecule has 28 heavy (non-hydrogen) atoms. The summed E-state index contributed by atoms with van der Waals surface area (Å²) in [6, 6.07) is 6.71. The summed E-state index contributed by atoms with van der Waals surface area (Å²) in [5.41, 5.74) is 0.805. The highest BCUT2D eigenvalue weighted by Gasteiger charge is 2.36. The number of halogens is 2. The lowest BCUT2D eigenvalue weighted by Crippen LogP contribution is -2.41. The van der Waals surface area contributed by atoms with Crippen LogP contribution in [0.15, 0.2) is 35.6 Å². The first-order chi connectivity index (χ1) is 13.3. The minimum atomic E-state index is -3.18. The second-order valence-corrected chi connectivity index (χ2v) is 10.6. The third-order valence-corrected chi connectivity index (χ3v) is 7.55. The van der Waals surface area contributed by atoms with Crippen LogP contribution in [0.1, 0.15) is 29.4 Å². The minimum absolute atomic E-state index is 0.0540. The summed E-state index contributed by atoms with van der Waals surface area (Å²) < 4.78 is 24.0. The molecule has 1 atom stereocenters. The molecule has 1 amide bonds. The molecule has 1 aromatic heterocycles. The molecule has 1 unspecified atom stereocenters. The molecule has 0 radical (unpaired) electrons. The summed E-state index contributed by atoms with van der Waals surface area (Å²) in [5, 5.41) is 1.10. The van der Waals surface area contributed by atoms with Crippen molar-refractivity contribution in [3.8, 4) is 0 Å². The molecule has 2 aromatic rings. The maximum atomic E-state index is 13.3. The molecule has 6 nitrogen and oxygen atoms in total. The van der Waals surface area contributed by atoms with Crippen LogP contribution in [0.5, 0.6) is 0 Å². The Morgan fingerprint density at radius 3 is 2.68 bits per heavy atom. The first kappa shape index (κ1) is 21.4. The number of nitrogens with zero attached hydrogens (tertiary/aromatic N) is 3. The van der Waals surface area contributed by atoms with E-state index in [1.807, 2.05) is 19.1 Å². The zero-order chi connectivity index (χ0) is 20.3. The van der Waals surface area contributed by atoms with Gasteiger partial charge in [-0.05, 0) is 23.8 Å². The van der Waals surface area contributed by atoms with Gasteiger partial charge in [0.1, 0.15) is 0 Å². The number of benzene rings is 1. The fourth-order valence-electron chi connectivity index (χ4n) is 3.03. The van der Waals surface area contributed by atoms with Gasteiger partial charge in [-0.3, -0.25) is 4.79 Å². The summed E-state index contributed by atoms with van der Waals surface area (Å²) in [5.74, 6) is 0.299. The summed E-state index contributed by atoms with van der Waals surface area (Å²) in [4.78, 5) is 23.3. The van der Waals surface area contributed by atoms with Crippen LogP contribution >= 0.6 is 35.0 Å². The molecule has 0 aliphatic carbocycles. The smallest absolute Gasteiger partial charge is 0.274 e. The van der Waals surface area contributed by atoms with Gasteiger partial charge in [0, 0.05) is 17.6 Å². The van der Waals surface area contributed by atoms with Gasteiger partial charge in [0.25, 0.3) is 5.91 Å². The molecule has 1 fully saturated rings. The maximum absolute atomic E-state index is 13.3. The highest BCUT2D eigenvalue weighted by molar-refractivity contribution is 7.99. The van der Waals surface area contributed by atoms with E-state index in [0.717, 1.165) is 11.3 Å². The van der Waals surface area contributed by atoms with Crippen molar-refractivity contribution in [2.75, 3.05) is 17.3 Å². The van der Waals surface area contributed by atoms with Gasteiger partial charge in [-0.1, -0.05) is 60.1 Å². The summed E-state index contributed by atoms with van der Waals surface area (Å²) in [6.45, 7) is 2.13. The largest absolute Gasteiger partial charge is 0.329 e. The summed E-state index contributed by atoms with van der Waals surface area (Å²) >= 11 is 13.9. The van der Waals surface area contributed by atoms with E-state index in [1.165, 1.54) is 22.9 Å². The number of sulfone groups is 1. The van der Waals surface area contributed by atoms with E-state index in [2.05, 4.69) is 9.97 Å². The zero-order valence-electron chi connectivity index (χ0n) is 15.1. The van der Waals surface area contributed by atoms with Gasteiger partial charge in [0.15, 0.2) is 20.7 Å². The molecule has 3 rings (SSSR count). The van der Waals surface area contributed by atoms with E-state index < -0.39 is 21.8 Å². The lowest BCUT2D eigenvalue weighted by atomic mass is 10.1. The van der Waals surface area contributed by atoms with E-state index in [1.54, 1.807) is 12.1 Å². The maximum Gasteiger partial charge on any atom is 0.274 e. The number of amides is 1. The van der Waals surface area contributed by atoms with E-state index in [9.17, 15) is 13.2 Å². The number of thioether (sulfide) groups is 1. The molecule has 1 aliphatic rings. The third kappa shape index (κ3) is 4.97. The van der Waals surface area contributed by atoms with Gasteiger partial charge in [-0.15, -0.1) is 0 Å². The van der Waals surface area contributed by atoms with Gasteiger partial charge < -0.3 is 4.90 Å². The minimum Gasteiger partial charge on any atom is -0.329 e. The first-order valence-electron chi connectivity index (χ1n) is 8.71. The van der Waals surface area contributed by atoms with Crippen molar-refractivity contribution in [2.24, 2.45) is 0 Å². The molecule has 0 spiro atoms. The lowest BCUT2D eigenvalue weighted by Gasteiger charge is -2.28. The van der Waals surface area contributed by atoms with E-state index in [4.69, 9.17) is 23.2 Å². The van der Waals surface area contributed by atoms with Crippen molar-refractivity contribution in [1.82, 2.24) is 14.9 Å². The van der Waals surface area contributed by atoms with Crippen LogP contribution in [0.3, 0.4) is 0 Å². The van der Waals surface area contributed by atoms with Crippen LogP contribution in [-0.2, 0) is 16.4 Å². The fraction of sp³-hybridized carbons (Fsp3) is 0.389. The van der Waals surface area contributed by atoms with Crippen molar-refractivity contribution < 1.29 is 13.2 Å². The third-order valence-electron chi connectivity index (χ3n) is 4.41. The van der Waals surface area contributed by atoms with E-state index in [-0.39, 0.29) is 28.8 Å². The number of rotatable bonds is 6. The molecule has 150 valence electrons. The Hall–Kier alpha value is -1.35. The Bertz CT molecular complexity index is 986. The Balaban J connectivity index is 1.97. The number of hydrogen-bond acceptors (Lipinski definition) is 6. The second kappa shape index (κ2) is 8.98. The summed E-state index contributed by atoms with van der Waals surface area (Å²) in [6.07, 6.45) is 1.77. The van der Waals surface area contributed by atoms with Gasteiger partial charge in [-0.25, -0.2) is 18.4 Å². The zero-order valence-corrected chi connectivity index (χ0v) is 18.3. The topological polar surface area (TPSA) is 80.2 Å². The molecule has 1 aliphatic heterocycles. The highest BCUT2D eigenvalue weighted by atomic mass is 35.5. The lowest BCUT2D eigenvalue weighted by molar-refractivity contribution is 0.0674. The average molecular weight is 460 g/mol. The Morgan fingerprint density at radius 2 is 2.04 bits per heavy atom. The fourth-order valence-corrected chi connectivity index (χ4v) is 5.67. The SMILES string of the molecule is CCSc1ncc(Cl)c(C(=O)N(Cc2ccccc2Cl)C2CCS(=O)(=O)C2)n1. The van der Waals surface area contributed by atoms with Crippen molar-refractivity contribution in [1.29, 1.82) is 0 Å². The average Bonchev–Trinajstić information content (AvgIpc) is 3.02. The molecular formula is C18H19Cl2N3O3S2. The number of hydrogen-bond donors (Lipinski definition) is 0. The molecular weight excluding hydrogens is 441 g/mol. The van der Waals surface area contributed by atoms with Crippen LogP contribution in [0.4, 0.5) is 0 Å². The number of aromatic nitrogens is 2. The normalized spacial score (nSPS) is 18.2. The molecule has 0 N–H and O–H groups in total.